The molecule has 0 fully saturated rings. The van der Waals surface area contributed by atoms with Gasteiger partial charge in [0.1, 0.15) is 11.5 Å². The number of methoxy groups -OCH3 is 1. The number of benzene rings is 2. The quantitative estimate of drug-likeness (QED) is 0.426. The molecule has 0 aliphatic heterocycles. The van der Waals surface area contributed by atoms with Gasteiger partial charge in [-0.25, -0.2) is 8.42 Å². The largest absolute Gasteiger partial charge is 0.497 e. The number of sulfone groups is 1. The highest BCUT2D eigenvalue weighted by Crippen LogP contribution is 2.30. The molecule has 0 amide bonds. The second-order valence-electron chi connectivity index (χ2n) is 7.60. The van der Waals surface area contributed by atoms with Crippen molar-refractivity contribution >= 4 is 20.7 Å². The Labute approximate surface area is 192 Å². The third kappa shape index (κ3) is 5.54. The van der Waals surface area contributed by atoms with Crippen molar-refractivity contribution in [2.24, 2.45) is 0 Å². The second-order valence-corrected chi connectivity index (χ2v) is 9.91. The van der Waals surface area contributed by atoms with Gasteiger partial charge in [0.2, 0.25) is 5.95 Å². The monoisotopic (exact) mass is 477 g/mol. The highest BCUT2D eigenvalue weighted by molar-refractivity contribution is 7.91. The number of aliphatic hydroxyl groups excluding tert-OH is 1. The number of hydrogen-bond acceptors (Lipinski definition) is 6. The number of aliphatic hydroxyl groups is 1. The number of halogens is 1. The van der Waals surface area contributed by atoms with Crippen molar-refractivity contribution in [2.75, 3.05) is 31.8 Å². The molecule has 0 saturated carbocycles. The number of para-hydroxylation sites is 1. The number of aromatic nitrogens is 1. The Bertz CT molecular complexity index is 1270. The van der Waals surface area contributed by atoms with Crippen LogP contribution in [0.4, 0.5) is 4.39 Å². The summed E-state index contributed by atoms with van der Waals surface area (Å²) in [6.07, 6.45) is 0.820. The van der Waals surface area contributed by atoms with Crippen LogP contribution < -0.4 is 14.9 Å². The molecule has 0 aliphatic carbocycles. The average Bonchev–Trinajstić information content (AvgIpc) is 2.82. The van der Waals surface area contributed by atoms with E-state index in [1.807, 2.05) is 6.92 Å². The Morgan fingerprint density at radius 1 is 1.09 bits per heavy atom. The maximum atomic E-state index is 15.9. The van der Waals surface area contributed by atoms with E-state index in [2.05, 4.69) is 0 Å². The van der Waals surface area contributed by atoms with Crippen LogP contribution in [0.15, 0.2) is 47.3 Å². The van der Waals surface area contributed by atoms with E-state index in [1.54, 1.807) is 42.5 Å². The van der Waals surface area contributed by atoms with Crippen molar-refractivity contribution in [3.63, 3.8) is 0 Å². The van der Waals surface area contributed by atoms with E-state index in [9.17, 15) is 13.2 Å². The van der Waals surface area contributed by atoms with Gasteiger partial charge in [-0.2, -0.15) is 4.39 Å². The van der Waals surface area contributed by atoms with Gasteiger partial charge >= 0.3 is 0 Å². The summed E-state index contributed by atoms with van der Waals surface area (Å²) in [6, 6.07) is 11.3. The molecule has 0 saturated heterocycles. The maximum Gasteiger partial charge on any atom is 0.206 e. The molecule has 33 heavy (non-hydrogen) atoms. The maximum absolute atomic E-state index is 15.9. The van der Waals surface area contributed by atoms with Gasteiger partial charge in [0, 0.05) is 13.2 Å². The summed E-state index contributed by atoms with van der Waals surface area (Å²) in [7, 11) is -2.03. The van der Waals surface area contributed by atoms with Gasteiger partial charge in [-0.3, -0.25) is 4.79 Å². The molecule has 1 N–H and O–H groups in total. The van der Waals surface area contributed by atoms with Gasteiger partial charge < -0.3 is 19.1 Å². The molecule has 9 heteroatoms. The zero-order valence-electron chi connectivity index (χ0n) is 18.7. The van der Waals surface area contributed by atoms with Crippen LogP contribution >= 0.6 is 0 Å². The van der Waals surface area contributed by atoms with E-state index in [0.29, 0.717) is 30.1 Å². The molecule has 3 aromatic rings. The van der Waals surface area contributed by atoms with E-state index >= 15 is 4.39 Å². The first kappa shape index (κ1) is 24.7. The summed E-state index contributed by atoms with van der Waals surface area (Å²) in [4.78, 5) is 13.3. The number of hydrogen-bond donors (Lipinski definition) is 1. The van der Waals surface area contributed by atoms with Crippen LogP contribution in [0.3, 0.4) is 0 Å². The lowest BCUT2D eigenvalue weighted by Gasteiger charge is -2.19. The fourth-order valence-electron chi connectivity index (χ4n) is 3.61. The molecule has 1 heterocycles. The van der Waals surface area contributed by atoms with Crippen LogP contribution in [0.2, 0.25) is 0 Å². The molecule has 0 spiro atoms. The smallest absolute Gasteiger partial charge is 0.206 e. The molecule has 0 aliphatic rings. The second kappa shape index (κ2) is 10.8. The Hall–Kier alpha value is -2.91. The Morgan fingerprint density at radius 3 is 2.45 bits per heavy atom. The Kier molecular flexibility index (Phi) is 8.10. The lowest BCUT2D eigenvalue weighted by molar-refractivity contribution is 0.295. The van der Waals surface area contributed by atoms with Crippen molar-refractivity contribution in [1.82, 2.24) is 4.57 Å². The molecule has 0 unspecified atom stereocenters. The number of aryl methyl sites for hydroxylation is 1. The normalized spacial score (nSPS) is 11.6. The number of rotatable bonds is 11. The standard InChI is InChI=1S/C24H28FNO6S/c1-3-14-32-20-7-4-6-19-22(20)26(12-16-33(29,30)15-5-13-27)24(25)21(23(19)28)17-8-10-18(31-2)11-9-17/h4,6-11,27H,3,5,12-16H2,1-2H3. The molecule has 0 atom stereocenters. The van der Waals surface area contributed by atoms with Gasteiger partial charge in [-0.15, -0.1) is 0 Å². The molecule has 2 aromatic carbocycles. The third-order valence-electron chi connectivity index (χ3n) is 5.26. The van der Waals surface area contributed by atoms with Crippen LogP contribution in [0.25, 0.3) is 22.0 Å². The first-order valence-electron chi connectivity index (χ1n) is 10.8. The predicted molar refractivity (Wildman–Crippen MR) is 126 cm³/mol. The van der Waals surface area contributed by atoms with Crippen LogP contribution in [0.1, 0.15) is 19.8 Å². The molecule has 0 bridgehead atoms. The van der Waals surface area contributed by atoms with Crippen molar-refractivity contribution in [3.8, 4) is 22.6 Å². The Balaban J connectivity index is 2.22. The van der Waals surface area contributed by atoms with Gasteiger partial charge in [0.15, 0.2) is 15.3 Å². The van der Waals surface area contributed by atoms with Crippen molar-refractivity contribution in [3.05, 3.63) is 58.6 Å². The molecule has 0 radical (unpaired) electrons. The number of pyridine rings is 1. The zero-order chi connectivity index (χ0) is 24.0. The van der Waals surface area contributed by atoms with Crippen molar-refractivity contribution < 1.29 is 27.4 Å². The van der Waals surface area contributed by atoms with Gasteiger partial charge in [-0.05, 0) is 42.7 Å². The summed E-state index contributed by atoms with van der Waals surface area (Å²) in [5.41, 5.74) is -0.0698. The van der Waals surface area contributed by atoms with E-state index in [1.165, 1.54) is 11.7 Å². The fourth-order valence-corrected chi connectivity index (χ4v) is 4.84. The highest BCUT2D eigenvalue weighted by Gasteiger charge is 2.22. The van der Waals surface area contributed by atoms with E-state index in [0.717, 1.165) is 0 Å². The summed E-state index contributed by atoms with van der Waals surface area (Å²) in [6.45, 7) is 1.84. The van der Waals surface area contributed by atoms with E-state index in [4.69, 9.17) is 14.6 Å². The lowest BCUT2D eigenvalue weighted by Crippen LogP contribution is -2.23. The van der Waals surface area contributed by atoms with E-state index < -0.39 is 21.2 Å². The summed E-state index contributed by atoms with van der Waals surface area (Å²) in [5, 5.41) is 9.20. The summed E-state index contributed by atoms with van der Waals surface area (Å²) < 4.78 is 52.8. The molecule has 1 aromatic heterocycles. The number of nitrogens with zero attached hydrogens (tertiary/aromatic N) is 1. The summed E-state index contributed by atoms with van der Waals surface area (Å²) >= 11 is 0. The highest BCUT2D eigenvalue weighted by atomic mass is 32.2. The topological polar surface area (TPSA) is 94.8 Å². The minimum Gasteiger partial charge on any atom is -0.497 e. The number of fused-ring (bicyclic) bond motifs is 1. The van der Waals surface area contributed by atoms with Crippen LogP contribution in [-0.4, -0.2) is 49.9 Å². The van der Waals surface area contributed by atoms with Crippen LogP contribution in [0.5, 0.6) is 11.5 Å². The first-order chi connectivity index (χ1) is 15.8. The molecular weight excluding hydrogens is 449 g/mol. The fraction of sp³-hybridized carbons (Fsp3) is 0.375. The minimum absolute atomic E-state index is 0.109. The summed E-state index contributed by atoms with van der Waals surface area (Å²) in [5.74, 6) is -0.493. The van der Waals surface area contributed by atoms with Gasteiger partial charge in [-0.1, -0.05) is 25.1 Å². The number of ether oxygens (including phenoxy) is 2. The lowest BCUT2D eigenvalue weighted by atomic mass is 10.0. The average molecular weight is 478 g/mol. The molecular formula is C24H28FNO6S. The predicted octanol–water partition coefficient (Wildman–Crippen LogP) is 3.40. The van der Waals surface area contributed by atoms with Crippen LogP contribution in [0, 0.1) is 5.95 Å². The third-order valence-corrected chi connectivity index (χ3v) is 6.98. The zero-order valence-corrected chi connectivity index (χ0v) is 19.5. The SMILES string of the molecule is CCCOc1cccc2c(=O)c(-c3ccc(OC)cc3)c(F)n(CCS(=O)(=O)CCCO)c12. The Morgan fingerprint density at radius 2 is 1.82 bits per heavy atom. The van der Waals surface area contributed by atoms with Gasteiger partial charge in [0.25, 0.3) is 0 Å². The van der Waals surface area contributed by atoms with Crippen molar-refractivity contribution in [1.29, 1.82) is 0 Å². The van der Waals surface area contributed by atoms with Crippen molar-refractivity contribution in [2.45, 2.75) is 26.3 Å². The first-order valence-corrected chi connectivity index (χ1v) is 12.6. The van der Waals surface area contributed by atoms with Crippen LogP contribution in [-0.2, 0) is 16.4 Å². The molecule has 178 valence electrons. The molecule has 3 rings (SSSR count). The van der Waals surface area contributed by atoms with Gasteiger partial charge in [0.05, 0.1) is 41.7 Å². The van der Waals surface area contributed by atoms with E-state index in [-0.39, 0.29) is 47.5 Å². The minimum atomic E-state index is -3.54. The molecule has 7 nitrogen and oxygen atoms in total.